The molecule has 2 amide bonds. The Morgan fingerprint density at radius 3 is 2.33 bits per heavy atom. The van der Waals surface area contributed by atoms with Gasteiger partial charge in [-0.2, -0.15) is 0 Å². The summed E-state index contributed by atoms with van der Waals surface area (Å²) in [6.07, 6.45) is -5.94. The molecule has 2 rings (SSSR count). The van der Waals surface area contributed by atoms with Gasteiger partial charge in [0.05, 0.1) is 56.9 Å². The Balaban J connectivity index is 2.01. The number of hydrogen-bond acceptors (Lipinski definition) is 10. The molecule has 0 radical (unpaired) electrons. The Morgan fingerprint density at radius 2 is 1.77 bits per heavy atom. The Morgan fingerprint density at radius 1 is 1.07 bits per heavy atom. The number of aliphatic hydroxyl groups is 5. The number of aliphatic hydroxyl groups excluding tert-OH is 5. The molecule has 0 saturated carbocycles. The number of primary amides is 1. The second-order valence-electron chi connectivity index (χ2n) is 7.78. The minimum absolute atomic E-state index is 0.0831. The zero-order valence-electron chi connectivity index (χ0n) is 16.8. The van der Waals surface area contributed by atoms with E-state index in [-0.39, 0.29) is 32.7 Å². The van der Waals surface area contributed by atoms with Gasteiger partial charge in [-0.3, -0.25) is 9.59 Å². The molecular formula is C18H32N2O10. The molecule has 2 fully saturated rings. The molecule has 12 nitrogen and oxygen atoms in total. The van der Waals surface area contributed by atoms with Gasteiger partial charge in [-0.1, -0.05) is 0 Å². The number of carbonyl (C=O) groups excluding carboxylic acids is 2. The minimum Gasteiger partial charge on any atom is -0.394 e. The maximum absolute atomic E-state index is 11.3. The van der Waals surface area contributed by atoms with E-state index >= 15 is 0 Å². The smallest absolute Gasteiger partial charge is 0.217 e. The molecule has 174 valence electrons. The molecule has 0 aromatic heterocycles. The van der Waals surface area contributed by atoms with Crippen LogP contribution >= 0.6 is 0 Å². The molecule has 0 aliphatic carbocycles. The summed E-state index contributed by atoms with van der Waals surface area (Å²) in [4.78, 5) is 22.7. The molecular weight excluding hydrogens is 404 g/mol. The number of hydrogen-bond donors (Lipinski definition) is 7. The zero-order valence-corrected chi connectivity index (χ0v) is 16.8. The summed E-state index contributed by atoms with van der Waals surface area (Å²) in [7, 11) is 0. The second-order valence-corrected chi connectivity index (χ2v) is 7.78. The van der Waals surface area contributed by atoms with E-state index in [0.717, 1.165) is 0 Å². The van der Waals surface area contributed by atoms with Crippen molar-refractivity contribution in [2.24, 2.45) is 17.6 Å². The summed E-state index contributed by atoms with van der Waals surface area (Å²) in [5.41, 5.74) is 5.25. The van der Waals surface area contributed by atoms with Crippen LogP contribution in [-0.2, 0) is 23.8 Å². The van der Waals surface area contributed by atoms with Gasteiger partial charge in [0, 0.05) is 31.6 Å². The Hall–Kier alpha value is -1.38. The highest BCUT2D eigenvalue weighted by atomic mass is 16.6. The third-order valence-corrected chi connectivity index (χ3v) is 5.53. The molecule has 12 heteroatoms. The van der Waals surface area contributed by atoms with Crippen LogP contribution in [0.2, 0.25) is 0 Å². The summed E-state index contributed by atoms with van der Waals surface area (Å²) in [6.45, 7) is 0.211. The fourth-order valence-electron chi connectivity index (χ4n) is 3.99. The Bertz CT molecular complexity index is 579. The van der Waals surface area contributed by atoms with Gasteiger partial charge in [0.1, 0.15) is 6.04 Å². The molecule has 9 atom stereocenters. The molecule has 0 aromatic rings. The minimum atomic E-state index is -1.50. The highest BCUT2D eigenvalue weighted by Gasteiger charge is 2.45. The van der Waals surface area contributed by atoms with Gasteiger partial charge in [0.15, 0.2) is 6.29 Å². The molecule has 30 heavy (non-hydrogen) atoms. The SMILES string of the molecule is CC(=O)NC1C(O)OC(CO)C(COCC2OC(CO)CC(O)[C@@H]2CC(N)=O)C1O. The maximum atomic E-state index is 11.3. The first-order chi connectivity index (χ1) is 14.2. The lowest BCUT2D eigenvalue weighted by Gasteiger charge is -2.43. The first-order valence-corrected chi connectivity index (χ1v) is 9.87. The van der Waals surface area contributed by atoms with E-state index in [1.807, 2.05) is 0 Å². The van der Waals surface area contributed by atoms with Crippen LogP contribution in [0.3, 0.4) is 0 Å². The maximum Gasteiger partial charge on any atom is 0.217 e. The molecule has 0 spiro atoms. The van der Waals surface area contributed by atoms with Gasteiger partial charge < -0.3 is 50.8 Å². The van der Waals surface area contributed by atoms with E-state index in [4.69, 9.17) is 19.9 Å². The van der Waals surface area contributed by atoms with Crippen molar-refractivity contribution in [2.45, 2.75) is 62.6 Å². The highest BCUT2D eigenvalue weighted by molar-refractivity contribution is 5.74. The van der Waals surface area contributed by atoms with Crippen molar-refractivity contribution in [3.05, 3.63) is 0 Å². The average Bonchev–Trinajstić information content (AvgIpc) is 2.68. The van der Waals surface area contributed by atoms with Crippen LogP contribution in [0.5, 0.6) is 0 Å². The summed E-state index contributed by atoms with van der Waals surface area (Å²) in [5, 5.41) is 52.1. The first-order valence-electron chi connectivity index (χ1n) is 9.87. The number of nitrogens with two attached hydrogens (primary N) is 1. The molecule has 2 heterocycles. The lowest BCUT2D eigenvalue weighted by atomic mass is 9.86. The van der Waals surface area contributed by atoms with Crippen molar-refractivity contribution in [3.63, 3.8) is 0 Å². The van der Waals surface area contributed by atoms with Gasteiger partial charge in [0.25, 0.3) is 0 Å². The molecule has 8 unspecified atom stereocenters. The van der Waals surface area contributed by atoms with Gasteiger partial charge in [-0.15, -0.1) is 0 Å². The first kappa shape index (κ1) is 24.9. The monoisotopic (exact) mass is 436 g/mol. The van der Waals surface area contributed by atoms with Crippen LogP contribution in [0, 0.1) is 11.8 Å². The Kier molecular flexibility index (Phi) is 9.37. The predicted octanol–water partition coefficient (Wildman–Crippen LogP) is -3.80. The van der Waals surface area contributed by atoms with Crippen LogP contribution < -0.4 is 11.1 Å². The molecule has 0 bridgehead atoms. The highest BCUT2D eigenvalue weighted by Crippen LogP contribution is 2.30. The fourth-order valence-corrected chi connectivity index (χ4v) is 3.99. The standard InChI is InChI=1S/C18H32N2O10/c1-8(23)20-16-17(26)11(13(5-22)30-18(16)27)6-28-7-14-10(3-15(19)25)12(24)2-9(4-21)29-14/h9-14,16-18,21-22,24,26-27H,2-7H2,1H3,(H2,19,25)(H,20,23)/t9?,10-,11?,12?,13?,14?,16?,17?,18?/m0/s1. The van der Waals surface area contributed by atoms with Gasteiger partial charge in [-0.25, -0.2) is 0 Å². The van der Waals surface area contributed by atoms with Crippen LogP contribution in [0.1, 0.15) is 19.8 Å². The van der Waals surface area contributed by atoms with E-state index in [1.165, 1.54) is 6.92 Å². The lowest BCUT2D eigenvalue weighted by molar-refractivity contribution is -0.247. The molecule has 2 saturated heterocycles. The summed E-state index contributed by atoms with van der Waals surface area (Å²) >= 11 is 0. The van der Waals surface area contributed by atoms with Crippen molar-refractivity contribution >= 4 is 11.8 Å². The van der Waals surface area contributed by atoms with Crippen LogP contribution in [-0.4, -0.2) is 107 Å². The zero-order chi connectivity index (χ0) is 22.4. The third kappa shape index (κ3) is 6.31. The predicted molar refractivity (Wildman–Crippen MR) is 99.6 cm³/mol. The van der Waals surface area contributed by atoms with E-state index < -0.39 is 73.1 Å². The molecule has 2 aliphatic rings. The average molecular weight is 436 g/mol. The fraction of sp³-hybridized carbons (Fsp3) is 0.889. The van der Waals surface area contributed by atoms with Gasteiger partial charge >= 0.3 is 0 Å². The van der Waals surface area contributed by atoms with Crippen LogP contribution in [0.4, 0.5) is 0 Å². The molecule has 8 N–H and O–H groups in total. The summed E-state index contributed by atoms with van der Waals surface area (Å²) in [5.74, 6) is -2.50. The van der Waals surface area contributed by atoms with Crippen molar-refractivity contribution in [1.29, 1.82) is 0 Å². The normalized spacial score (nSPS) is 39.5. The van der Waals surface area contributed by atoms with E-state index in [2.05, 4.69) is 5.32 Å². The Labute approximate surface area is 173 Å². The van der Waals surface area contributed by atoms with Gasteiger partial charge in [-0.05, 0) is 0 Å². The number of ether oxygens (including phenoxy) is 3. The van der Waals surface area contributed by atoms with Crippen molar-refractivity contribution in [1.82, 2.24) is 5.32 Å². The van der Waals surface area contributed by atoms with Crippen molar-refractivity contribution < 1.29 is 49.3 Å². The number of rotatable bonds is 9. The number of carbonyl (C=O) groups is 2. The lowest BCUT2D eigenvalue weighted by Crippen LogP contribution is -2.62. The van der Waals surface area contributed by atoms with Crippen molar-refractivity contribution in [2.75, 3.05) is 26.4 Å². The third-order valence-electron chi connectivity index (χ3n) is 5.53. The quantitative estimate of drug-likeness (QED) is 0.188. The largest absolute Gasteiger partial charge is 0.394 e. The van der Waals surface area contributed by atoms with Crippen LogP contribution in [0.15, 0.2) is 0 Å². The van der Waals surface area contributed by atoms with E-state index in [1.54, 1.807) is 0 Å². The second kappa shape index (κ2) is 11.3. The molecule has 2 aliphatic heterocycles. The van der Waals surface area contributed by atoms with Crippen LogP contribution in [0.25, 0.3) is 0 Å². The topological polar surface area (TPSA) is 201 Å². The molecule has 0 aromatic carbocycles. The van der Waals surface area contributed by atoms with E-state index in [0.29, 0.717) is 0 Å². The van der Waals surface area contributed by atoms with Gasteiger partial charge in [0.2, 0.25) is 11.8 Å². The number of amides is 2. The van der Waals surface area contributed by atoms with E-state index in [9.17, 15) is 35.1 Å². The van der Waals surface area contributed by atoms with Crippen molar-refractivity contribution in [3.8, 4) is 0 Å². The number of nitrogens with one attached hydrogen (secondary N) is 1. The summed E-state index contributed by atoms with van der Waals surface area (Å²) in [6, 6.07) is -1.10. The summed E-state index contributed by atoms with van der Waals surface area (Å²) < 4.78 is 16.6.